The Morgan fingerprint density at radius 3 is 2.42 bits per heavy atom. The summed E-state index contributed by atoms with van der Waals surface area (Å²) >= 11 is 5.15. The van der Waals surface area contributed by atoms with Crippen LogP contribution in [0.2, 0.25) is 0 Å². The largest absolute Gasteiger partial charge is 0.382 e. The summed E-state index contributed by atoms with van der Waals surface area (Å²) in [4.78, 5) is 14.1. The molecule has 0 aliphatic rings. The highest BCUT2D eigenvalue weighted by Gasteiger charge is 2.27. The zero-order valence-corrected chi connectivity index (χ0v) is 13.6. The van der Waals surface area contributed by atoms with Crippen LogP contribution in [0.3, 0.4) is 0 Å². The second-order valence-electron chi connectivity index (χ2n) is 6.24. The summed E-state index contributed by atoms with van der Waals surface area (Å²) in [6, 6.07) is 0. The molecule has 0 unspecified atom stereocenters. The molecule has 0 aliphatic carbocycles. The van der Waals surface area contributed by atoms with Crippen molar-refractivity contribution in [3.63, 3.8) is 0 Å². The zero-order valence-electron chi connectivity index (χ0n) is 12.8. The number of hydrogen-bond donors (Lipinski definition) is 1. The minimum atomic E-state index is -0.0493. The first-order valence-electron chi connectivity index (χ1n) is 7.05. The molecule has 0 amide bonds. The Morgan fingerprint density at radius 1 is 1.26 bits per heavy atom. The molecule has 0 spiro atoms. The van der Waals surface area contributed by atoms with E-state index in [0.29, 0.717) is 4.51 Å². The van der Waals surface area contributed by atoms with Crippen molar-refractivity contribution in [1.82, 2.24) is 4.90 Å². The summed E-state index contributed by atoms with van der Waals surface area (Å²) in [6.07, 6.45) is 2.22. The molecule has 0 aliphatic heterocycles. The first-order chi connectivity index (χ1) is 8.79. The van der Waals surface area contributed by atoms with Gasteiger partial charge in [-0.3, -0.25) is 4.79 Å². The second-order valence-corrected chi connectivity index (χ2v) is 6.65. The average molecular weight is 282 g/mol. The summed E-state index contributed by atoms with van der Waals surface area (Å²) in [5, 5.41) is 3.27. The van der Waals surface area contributed by atoms with E-state index < -0.39 is 0 Å². The smallest absolute Gasteiger partial charge is 0.220 e. The maximum absolute atomic E-state index is 11.8. The van der Waals surface area contributed by atoms with E-state index in [1.54, 1.807) is 0 Å². The fourth-order valence-corrected chi connectivity index (χ4v) is 2.84. The number of nitrogens with zero attached hydrogens (tertiary/aromatic N) is 1. The molecule has 0 radical (unpaired) electrons. The van der Waals surface area contributed by atoms with Crippen LogP contribution in [-0.4, -0.2) is 31.6 Å². The van der Waals surface area contributed by atoms with Crippen LogP contribution < -0.4 is 10.7 Å². The molecule has 3 nitrogen and oxygen atoms in total. The van der Waals surface area contributed by atoms with E-state index in [-0.39, 0.29) is 10.8 Å². The molecule has 108 valence electrons. The van der Waals surface area contributed by atoms with Crippen molar-refractivity contribution in [2.75, 3.05) is 32.0 Å². The van der Waals surface area contributed by atoms with Gasteiger partial charge in [0.15, 0.2) is 0 Å². The molecule has 4 heteroatoms. The summed E-state index contributed by atoms with van der Waals surface area (Å²) in [6.45, 7) is 11.5. The van der Waals surface area contributed by atoms with Crippen molar-refractivity contribution in [1.29, 1.82) is 0 Å². The first-order valence-corrected chi connectivity index (χ1v) is 7.46. The van der Waals surface area contributed by atoms with Gasteiger partial charge in [0, 0.05) is 12.1 Å². The Labute approximate surface area is 121 Å². The molecule has 1 aromatic rings. The van der Waals surface area contributed by atoms with Crippen LogP contribution in [-0.2, 0) is 5.41 Å². The van der Waals surface area contributed by atoms with Crippen molar-refractivity contribution in [3.05, 3.63) is 20.3 Å². The summed E-state index contributed by atoms with van der Waals surface area (Å²) < 4.78 is 0.512. The number of hydrogen-bond acceptors (Lipinski definition) is 4. The Balaban J connectivity index is 2.50. The Hall–Kier alpha value is -0.740. The lowest BCUT2D eigenvalue weighted by Gasteiger charge is -2.26. The Morgan fingerprint density at radius 2 is 1.89 bits per heavy atom. The summed E-state index contributed by atoms with van der Waals surface area (Å²) in [5.74, 6) is 0. The molecule has 0 heterocycles. The molecule has 1 aromatic carbocycles. The standard InChI is InChI=1S/C15H26N2OS/c1-6-9-17(5)10-7-8-16-12-11(15(2,3)4)14(19)13(12)18/h16H,6-10H2,1-5H3. The average Bonchev–Trinajstić information content (AvgIpc) is 2.30. The number of rotatable bonds is 7. The lowest BCUT2D eigenvalue weighted by Crippen LogP contribution is -2.30. The van der Waals surface area contributed by atoms with Gasteiger partial charge in [-0.15, -0.1) is 0 Å². The van der Waals surface area contributed by atoms with E-state index in [9.17, 15) is 4.79 Å². The second kappa shape index (κ2) is 6.62. The lowest BCUT2D eigenvalue weighted by molar-refractivity contribution is 0.333. The molecule has 0 saturated carbocycles. The third-order valence-corrected chi connectivity index (χ3v) is 3.67. The maximum atomic E-state index is 11.8. The van der Waals surface area contributed by atoms with Crippen molar-refractivity contribution >= 4 is 17.9 Å². The van der Waals surface area contributed by atoms with Crippen molar-refractivity contribution in [2.24, 2.45) is 0 Å². The molecule has 0 atom stereocenters. The highest BCUT2D eigenvalue weighted by atomic mass is 32.1. The first kappa shape index (κ1) is 16.3. The quantitative estimate of drug-likeness (QED) is 0.615. The molecular weight excluding hydrogens is 256 g/mol. The van der Waals surface area contributed by atoms with E-state index in [4.69, 9.17) is 12.2 Å². The van der Waals surface area contributed by atoms with Crippen molar-refractivity contribution in [2.45, 2.75) is 46.0 Å². The van der Waals surface area contributed by atoms with Gasteiger partial charge in [-0.25, -0.2) is 0 Å². The van der Waals surface area contributed by atoms with Crippen LogP contribution in [0.4, 0.5) is 5.69 Å². The number of anilines is 1. The van der Waals surface area contributed by atoms with Gasteiger partial charge in [0.25, 0.3) is 0 Å². The zero-order chi connectivity index (χ0) is 14.6. The van der Waals surface area contributed by atoms with Crippen molar-refractivity contribution < 1.29 is 0 Å². The monoisotopic (exact) mass is 282 g/mol. The highest BCUT2D eigenvalue weighted by Crippen LogP contribution is 2.30. The van der Waals surface area contributed by atoms with Gasteiger partial charge in [-0.1, -0.05) is 39.9 Å². The van der Waals surface area contributed by atoms with E-state index >= 15 is 0 Å². The maximum Gasteiger partial charge on any atom is 0.220 e. The van der Waals surface area contributed by atoms with Gasteiger partial charge in [0.1, 0.15) is 0 Å². The van der Waals surface area contributed by atoms with Crippen LogP contribution in [0.15, 0.2) is 4.79 Å². The van der Waals surface area contributed by atoms with Gasteiger partial charge in [0.2, 0.25) is 5.43 Å². The molecule has 1 N–H and O–H groups in total. The van der Waals surface area contributed by atoms with Crippen LogP contribution in [0, 0.1) is 4.51 Å². The van der Waals surface area contributed by atoms with Gasteiger partial charge in [-0.05, 0) is 38.4 Å². The molecule has 0 aromatic heterocycles. The van der Waals surface area contributed by atoms with Gasteiger partial charge < -0.3 is 10.2 Å². The molecule has 0 saturated heterocycles. The topological polar surface area (TPSA) is 32.3 Å². The third kappa shape index (κ3) is 4.11. The molecular formula is C15H26N2OS. The SMILES string of the molecule is CCCN(C)CCCNc1c(C(C)(C)C)c(=S)c1=O. The molecule has 0 bridgehead atoms. The summed E-state index contributed by atoms with van der Waals surface area (Å²) in [5.41, 5.74) is 1.73. The Bertz CT molecular complexity index is 481. The lowest BCUT2D eigenvalue weighted by atomic mass is 9.83. The van der Waals surface area contributed by atoms with Gasteiger partial charge in [0.05, 0.1) is 10.2 Å². The predicted molar refractivity (Wildman–Crippen MR) is 85.5 cm³/mol. The van der Waals surface area contributed by atoms with Crippen LogP contribution in [0.25, 0.3) is 0 Å². The fourth-order valence-electron chi connectivity index (χ4n) is 2.33. The molecule has 1 rings (SSSR count). The van der Waals surface area contributed by atoms with Crippen LogP contribution in [0.5, 0.6) is 0 Å². The third-order valence-electron chi connectivity index (χ3n) is 3.28. The Kier molecular flexibility index (Phi) is 5.68. The summed E-state index contributed by atoms with van der Waals surface area (Å²) in [7, 11) is 2.13. The van der Waals surface area contributed by atoms with Crippen LogP contribution >= 0.6 is 12.2 Å². The minimum absolute atomic E-state index is 0.0156. The molecule has 0 fully saturated rings. The van der Waals surface area contributed by atoms with Gasteiger partial charge in [-0.2, -0.15) is 0 Å². The predicted octanol–water partition coefficient (Wildman–Crippen LogP) is 3.09. The fraction of sp³-hybridized carbons (Fsp3) is 0.733. The number of nitrogens with one attached hydrogen (secondary N) is 1. The van der Waals surface area contributed by atoms with Crippen molar-refractivity contribution in [3.8, 4) is 0 Å². The highest BCUT2D eigenvalue weighted by molar-refractivity contribution is 7.71. The normalized spacial score (nSPS) is 12.3. The van der Waals surface area contributed by atoms with E-state index in [0.717, 1.165) is 37.3 Å². The van der Waals surface area contributed by atoms with Crippen LogP contribution in [0.1, 0.15) is 46.1 Å². The van der Waals surface area contributed by atoms with E-state index in [1.165, 1.54) is 6.42 Å². The molecule has 19 heavy (non-hydrogen) atoms. The van der Waals surface area contributed by atoms with Gasteiger partial charge >= 0.3 is 0 Å². The van der Waals surface area contributed by atoms with E-state index in [2.05, 4.69) is 45.0 Å². The minimum Gasteiger partial charge on any atom is -0.382 e. The van der Waals surface area contributed by atoms with E-state index in [1.807, 2.05) is 0 Å².